The number of rotatable bonds is 8. The molecular weight excluding hydrogens is 250 g/mol. The van der Waals surface area contributed by atoms with Crippen LogP contribution in [-0.4, -0.2) is 44.2 Å². The summed E-state index contributed by atoms with van der Waals surface area (Å²) in [7, 11) is 1.63. The second-order valence-electron chi connectivity index (χ2n) is 2.77. The van der Waals surface area contributed by atoms with Crippen molar-refractivity contribution in [3.8, 4) is 0 Å². The quantitative estimate of drug-likeness (QED) is 0.526. The van der Waals surface area contributed by atoms with Crippen molar-refractivity contribution in [1.82, 2.24) is 5.32 Å². The van der Waals surface area contributed by atoms with Crippen molar-refractivity contribution in [3.63, 3.8) is 0 Å². The summed E-state index contributed by atoms with van der Waals surface area (Å²) in [6.45, 7) is 4.18. The predicted octanol–water partition coefficient (Wildman–Crippen LogP) is 0.939. The fourth-order valence-corrected chi connectivity index (χ4v) is 0.949. The van der Waals surface area contributed by atoms with E-state index < -0.39 is 0 Å². The minimum Gasteiger partial charge on any atom is -0.382 e. The van der Waals surface area contributed by atoms with E-state index in [0.29, 0.717) is 26.4 Å². The summed E-state index contributed by atoms with van der Waals surface area (Å²) >= 11 is 3.26. The summed E-state index contributed by atoms with van der Waals surface area (Å²) in [5, 5.41) is 2.76. The average molecular weight is 268 g/mol. The van der Waals surface area contributed by atoms with E-state index >= 15 is 0 Å². The largest absolute Gasteiger partial charge is 0.382 e. The zero-order chi connectivity index (χ0) is 10.8. The van der Waals surface area contributed by atoms with Gasteiger partial charge in [-0.25, -0.2) is 0 Å². The molecule has 0 aliphatic heterocycles. The van der Waals surface area contributed by atoms with Gasteiger partial charge in [0.25, 0.3) is 0 Å². The van der Waals surface area contributed by atoms with Crippen molar-refractivity contribution in [2.24, 2.45) is 0 Å². The third-order valence-corrected chi connectivity index (χ3v) is 2.68. The number of amides is 1. The highest BCUT2D eigenvalue weighted by Crippen LogP contribution is 2.02. The van der Waals surface area contributed by atoms with Crippen LogP contribution in [0.3, 0.4) is 0 Å². The molecule has 0 bridgehead atoms. The first-order chi connectivity index (χ1) is 6.72. The second kappa shape index (κ2) is 9.43. The Balaban J connectivity index is 3.23. The van der Waals surface area contributed by atoms with Crippen LogP contribution < -0.4 is 5.32 Å². The van der Waals surface area contributed by atoms with Gasteiger partial charge in [-0.2, -0.15) is 0 Å². The first-order valence-corrected chi connectivity index (χ1v) is 5.62. The molecule has 0 rings (SSSR count). The zero-order valence-electron chi connectivity index (χ0n) is 8.72. The molecule has 0 aliphatic rings. The number of halogens is 1. The number of methoxy groups -OCH3 is 1. The molecule has 1 amide bonds. The molecule has 5 heteroatoms. The van der Waals surface area contributed by atoms with E-state index in [1.54, 1.807) is 7.11 Å². The number of carbonyl (C=O) groups is 1. The highest BCUT2D eigenvalue weighted by Gasteiger charge is 2.10. The van der Waals surface area contributed by atoms with Gasteiger partial charge in [0, 0.05) is 13.7 Å². The summed E-state index contributed by atoms with van der Waals surface area (Å²) in [5.41, 5.74) is 0. The number of carbonyl (C=O) groups excluding carboxylic acids is 1. The molecule has 4 nitrogen and oxygen atoms in total. The molecule has 0 fully saturated rings. The Labute approximate surface area is 93.5 Å². The number of nitrogens with one attached hydrogen (secondary N) is 1. The lowest BCUT2D eigenvalue weighted by molar-refractivity contribution is -0.120. The minimum atomic E-state index is -0.0959. The maximum atomic E-state index is 11.2. The highest BCUT2D eigenvalue weighted by molar-refractivity contribution is 9.10. The lowest BCUT2D eigenvalue weighted by Crippen LogP contribution is -2.33. The van der Waals surface area contributed by atoms with E-state index in [0.717, 1.165) is 6.42 Å². The Morgan fingerprint density at radius 2 is 2.14 bits per heavy atom. The number of alkyl halides is 1. The molecule has 14 heavy (non-hydrogen) atoms. The van der Waals surface area contributed by atoms with Crippen LogP contribution in [0.4, 0.5) is 0 Å². The van der Waals surface area contributed by atoms with Gasteiger partial charge in [0.15, 0.2) is 0 Å². The number of hydrogen-bond donors (Lipinski definition) is 1. The maximum Gasteiger partial charge on any atom is 0.233 e. The van der Waals surface area contributed by atoms with Gasteiger partial charge in [0.05, 0.1) is 24.6 Å². The number of hydrogen-bond acceptors (Lipinski definition) is 3. The Morgan fingerprint density at radius 1 is 1.43 bits per heavy atom. The molecule has 0 aromatic heterocycles. The van der Waals surface area contributed by atoms with Gasteiger partial charge in [0.1, 0.15) is 0 Å². The van der Waals surface area contributed by atoms with Crippen LogP contribution in [-0.2, 0) is 14.3 Å². The summed E-state index contributed by atoms with van der Waals surface area (Å²) in [6, 6.07) is 0. The Kier molecular flexibility index (Phi) is 9.34. The Hall–Kier alpha value is -0.130. The van der Waals surface area contributed by atoms with E-state index in [1.165, 1.54) is 0 Å². The van der Waals surface area contributed by atoms with Gasteiger partial charge in [-0.3, -0.25) is 4.79 Å². The van der Waals surface area contributed by atoms with Gasteiger partial charge in [0.2, 0.25) is 5.91 Å². The molecule has 0 heterocycles. The van der Waals surface area contributed by atoms with Crippen LogP contribution in [0.5, 0.6) is 0 Å². The van der Waals surface area contributed by atoms with Crippen molar-refractivity contribution in [1.29, 1.82) is 0 Å². The monoisotopic (exact) mass is 267 g/mol. The van der Waals surface area contributed by atoms with E-state index in [-0.39, 0.29) is 10.7 Å². The maximum absolute atomic E-state index is 11.2. The summed E-state index contributed by atoms with van der Waals surface area (Å²) in [4.78, 5) is 11.1. The van der Waals surface area contributed by atoms with Crippen molar-refractivity contribution in [2.75, 3.05) is 33.5 Å². The topological polar surface area (TPSA) is 47.6 Å². The van der Waals surface area contributed by atoms with E-state index in [4.69, 9.17) is 9.47 Å². The van der Waals surface area contributed by atoms with Crippen LogP contribution in [0.1, 0.15) is 13.3 Å². The molecular formula is C9H18BrNO3. The van der Waals surface area contributed by atoms with Gasteiger partial charge in [-0.1, -0.05) is 22.9 Å². The molecule has 1 N–H and O–H groups in total. The fourth-order valence-electron chi connectivity index (χ4n) is 0.787. The van der Waals surface area contributed by atoms with Gasteiger partial charge < -0.3 is 14.8 Å². The number of ether oxygens (including phenoxy) is 2. The normalized spacial score (nSPS) is 12.5. The smallest absolute Gasteiger partial charge is 0.233 e. The molecule has 0 radical (unpaired) electrons. The lowest BCUT2D eigenvalue weighted by atomic mass is 10.3. The van der Waals surface area contributed by atoms with Crippen LogP contribution in [0, 0.1) is 0 Å². The molecule has 0 spiro atoms. The molecule has 0 aromatic carbocycles. The summed E-state index contributed by atoms with van der Waals surface area (Å²) < 4.78 is 9.99. The molecule has 0 saturated heterocycles. The summed E-state index contributed by atoms with van der Waals surface area (Å²) in [5.74, 6) is 0.0165. The van der Waals surface area contributed by atoms with Crippen LogP contribution in [0.2, 0.25) is 0 Å². The van der Waals surface area contributed by atoms with Gasteiger partial charge in [-0.15, -0.1) is 0 Å². The third-order valence-electron chi connectivity index (χ3n) is 1.62. The van der Waals surface area contributed by atoms with E-state index in [9.17, 15) is 4.79 Å². The van der Waals surface area contributed by atoms with Gasteiger partial charge >= 0.3 is 0 Å². The van der Waals surface area contributed by atoms with Crippen LogP contribution in [0.15, 0.2) is 0 Å². The Morgan fingerprint density at radius 3 is 2.71 bits per heavy atom. The molecule has 0 aromatic rings. The van der Waals surface area contributed by atoms with Crippen molar-refractivity contribution < 1.29 is 14.3 Å². The SMILES string of the molecule is CCC(Br)C(=O)NCCOCCOC. The van der Waals surface area contributed by atoms with E-state index in [1.807, 2.05) is 6.92 Å². The summed E-state index contributed by atoms with van der Waals surface area (Å²) in [6.07, 6.45) is 0.788. The van der Waals surface area contributed by atoms with Gasteiger partial charge in [-0.05, 0) is 6.42 Å². The van der Waals surface area contributed by atoms with Crippen molar-refractivity contribution >= 4 is 21.8 Å². The predicted molar refractivity (Wildman–Crippen MR) is 58.7 cm³/mol. The van der Waals surface area contributed by atoms with Crippen LogP contribution >= 0.6 is 15.9 Å². The molecule has 0 aliphatic carbocycles. The molecule has 1 unspecified atom stereocenters. The van der Waals surface area contributed by atoms with Crippen molar-refractivity contribution in [2.45, 2.75) is 18.2 Å². The Bertz CT molecular complexity index is 155. The zero-order valence-corrected chi connectivity index (χ0v) is 10.3. The first kappa shape index (κ1) is 13.9. The lowest BCUT2D eigenvalue weighted by Gasteiger charge is -2.08. The van der Waals surface area contributed by atoms with Crippen molar-refractivity contribution in [3.05, 3.63) is 0 Å². The fraction of sp³-hybridized carbons (Fsp3) is 0.889. The van der Waals surface area contributed by atoms with E-state index in [2.05, 4.69) is 21.2 Å². The molecule has 0 saturated carbocycles. The minimum absolute atomic E-state index is 0.0165. The first-order valence-electron chi connectivity index (χ1n) is 4.70. The second-order valence-corrected chi connectivity index (χ2v) is 3.88. The standard InChI is InChI=1S/C9H18BrNO3/c1-3-8(10)9(12)11-4-5-14-7-6-13-2/h8H,3-7H2,1-2H3,(H,11,12). The average Bonchev–Trinajstić information content (AvgIpc) is 2.21. The third kappa shape index (κ3) is 7.29. The molecule has 84 valence electrons. The molecule has 1 atom stereocenters. The highest BCUT2D eigenvalue weighted by atomic mass is 79.9. The van der Waals surface area contributed by atoms with Crippen LogP contribution in [0.25, 0.3) is 0 Å².